The van der Waals surface area contributed by atoms with Gasteiger partial charge in [-0.2, -0.15) is 0 Å². The average Bonchev–Trinajstić information content (AvgIpc) is 3.19. The standard InChI is InChI=1S/C14H16FNO2/c15-11-3-1-2-10(13(17)18)12(11)16-8-14(6-7-14)9-4-5-9/h1-3,9,16H,4-8H2,(H,17,18). The van der Waals surface area contributed by atoms with Crippen LogP contribution in [0.4, 0.5) is 10.1 Å². The maximum atomic E-state index is 13.7. The molecule has 3 rings (SSSR count). The van der Waals surface area contributed by atoms with Crippen molar-refractivity contribution in [2.24, 2.45) is 11.3 Å². The average molecular weight is 249 g/mol. The van der Waals surface area contributed by atoms with E-state index in [0.29, 0.717) is 12.0 Å². The second-order valence-corrected chi connectivity index (χ2v) is 5.46. The van der Waals surface area contributed by atoms with Gasteiger partial charge in [0, 0.05) is 6.54 Å². The Kier molecular flexibility index (Phi) is 2.54. The van der Waals surface area contributed by atoms with Crippen LogP contribution in [0.3, 0.4) is 0 Å². The predicted octanol–water partition coefficient (Wildman–Crippen LogP) is 3.13. The van der Waals surface area contributed by atoms with Crippen LogP contribution in [0.2, 0.25) is 0 Å². The zero-order chi connectivity index (χ0) is 12.8. The number of aromatic carboxylic acids is 1. The topological polar surface area (TPSA) is 49.3 Å². The van der Waals surface area contributed by atoms with Crippen molar-refractivity contribution >= 4 is 11.7 Å². The van der Waals surface area contributed by atoms with Gasteiger partial charge in [0.2, 0.25) is 0 Å². The Morgan fingerprint density at radius 2 is 2.17 bits per heavy atom. The van der Waals surface area contributed by atoms with Gasteiger partial charge in [-0.05, 0) is 49.1 Å². The van der Waals surface area contributed by atoms with E-state index in [9.17, 15) is 9.18 Å². The SMILES string of the molecule is O=C(O)c1cccc(F)c1NCC1(C2CC2)CC1. The van der Waals surface area contributed by atoms with Crippen molar-refractivity contribution in [3.63, 3.8) is 0 Å². The van der Waals surface area contributed by atoms with Crippen molar-refractivity contribution in [2.45, 2.75) is 25.7 Å². The molecule has 18 heavy (non-hydrogen) atoms. The van der Waals surface area contributed by atoms with Gasteiger partial charge in [0.1, 0.15) is 5.82 Å². The summed E-state index contributed by atoms with van der Waals surface area (Å²) in [6.07, 6.45) is 4.90. The van der Waals surface area contributed by atoms with Crippen LogP contribution in [-0.2, 0) is 0 Å². The van der Waals surface area contributed by atoms with Crippen molar-refractivity contribution in [3.8, 4) is 0 Å². The maximum Gasteiger partial charge on any atom is 0.337 e. The summed E-state index contributed by atoms with van der Waals surface area (Å²) >= 11 is 0. The van der Waals surface area contributed by atoms with Crippen LogP contribution in [0.1, 0.15) is 36.0 Å². The second kappa shape index (κ2) is 3.97. The number of halogens is 1. The molecule has 96 valence electrons. The number of hydrogen-bond acceptors (Lipinski definition) is 2. The Morgan fingerprint density at radius 3 is 2.72 bits per heavy atom. The van der Waals surface area contributed by atoms with E-state index < -0.39 is 11.8 Å². The molecule has 0 radical (unpaired) electrons. The fourth-order valence-electron chi connectivity index (χ4n) is 2.73. The van der Waals surface area contributed by atoms with Crippen LogP contribution < -0.4 is 5.32 Å². The summed E-state index contributed by atoms with van der Waals surface area (Å²) in [5, 5.41) is 12.1. The molecule has 0 amide bonds. The molecule has 1 aromatic carbocycles. The zero-order valence-electron chi connectivity index (χ0n) is 10.1. The van der Waals surface area contributed by atoms with E-state index in [0.717, 1.165) is 5.92 Å². The molecule has 2 aliphatic carbocycles. The summed E-state index contributed by atoms with van der Waals surface area (Å²) in [4.78, 5) is 11.1. The summed E-state index contributed by atoms with van der Waals surface area (Å²) in [5.74, 6) is -0.806. The van der Waals surface area contributed by atoms with Gasteiger partial charge in [0.15, 0.2) is 0 Å². The van der Waals surface area contributed by atoms with Gasteiger partial charge in [-0.1, -0.05) is 6.07 Å². The number of nitrogens with one attached hydrogen (secondary N) is 1. The normalized spacial score (nSPS) is 20.5. The Bertz CT molecular complexity index is 493. The molecule has 0 spiro atoms. The molecule has 0 atom stereocenters. The van der Waals surface area contributed by atoms with Gasteiger partial charge >= 0.3 is 5.97 Å². The monoisotopic (exact) mass is 249 g/mol. The largest absolute Gasteiger partial charge is 0.478 e. The summed E-state index contributed by atoms with van der Waals surface area (Å²) in [6, 6.07) is 4.16. The number of rotatable bonds is 5. The van der Waals surface area contributed by atoms with Crippen LogP contribution in [0.25, 0.3) is 0 Å². The molecular weight excluding hydrogens is 233 g/mol. The number of benzene rings is 1. The van der Waals surface area contributed by atoms with Crippen LogP contribution in [0, 0.1) is 17.2 Å². The molecule has 4 heteroatoms. The van der Waals surface area contributed by atoms with E-state index in [1.54, 1.807) is 0 Å². The Hall–Kier alpha value is -1.58. The van der Waals surface area contributed by atoms with Crippen molar-refractivity contribution in [1.29, 1.82) is 0 Å². The Morgan fingerprint density at radius 1 is 1.44 bits per heavy atom. The number of carbonyl (C=O) groups is 1. The number of hydrogen-bond donors (Lipinski definition) is 2. The minimum Gasteiger partial charge on any atom is -0.478 e. The van der Waals surface area contributed by atoms with E-state index in [1.807, 2.05) is 0 Å². The van der Waals surface area contributed by atoms with Crippen LogP contribution in [0.15, 0.2) is 18.2 Å². The predicted molar refractivity (Wildman–Crippen MR) is 66.2 cm³/mol. The molecule has 0 aromatic heterocycles. The first kappa shape index (κ1) is 11.5. The van der Waals surface area contributed by atoms with Crippen LogP contribution in [-0.4, -0.2) is 17.6 Å². The number of anilines is 1. The molecule has 0 saturated heterocycles. The summed E-state index contributed by atoms with van der Waals surface area (Å²) in [6.45, 7) is 0.693. The van der Waals surface area contributed by atoms with Gasteiger partial charge in [0.05, 0.1) is 11.3 Å². The molecule has 0 heterocycles. The van der Waals surface area contributed by atoms with Gasteiger partial charge in [-0.25, -0.2) is 9.18 Å². The first-order chi connectivity index (χ1) is 8.62. The smallest absolute Gasteiger partial charge is 0.337 e. The summed E-state index contributed by atoms with van der Waals surface area (Å²) in [5.41, 5.74) is 0.469. The van der Waals surface area contributed by atoms with E-state index in [1.165, 1.54) is 43.9 Å². The molecule has 1 aromatic rings. The minimum absolute atomic E-state index is 0.0154. The van der Waals surface area contributed by atoms with Gasteiger partial charge in [0.25, 0.3) is 0 Å². The third kappa shape index (κ3) is 1.96. The van der Waals surface area contributed by atoms with E-state index >= 15 is 0 Å². The lowest BCUT2D eigenvalue weighted by Crippen LogP contribution is -2.19. The molecule has 0 unspecified atom stereocenters. The van der Waals surface area contributed by atoms with Crippen molar-refractivity contribution in [1.82, 2.24) is 0 Å². The zero-order valence-corrected chi connectivity index (χ0v) is 10.1. The Labute approximate surface area is 105 Å². The number of carboxylic acid groups (broad SMARTS) is 1. The molecule has 2 saturated carbocycles. The highest BCUT2D eigenvalue weighted by Crippen LogP contribution is 2.61. The van der Waals surface area contributed by atoms with E-state index in [2.05, 4.69) is 5.32 Å². The lowest BCUT2D eigenvalue weighted by Gasteiger charge is -2.17. The lowest BCUT2D eigenvalue weighted by atomic mass is 10.0. The number of para-hydroxylation sites is 1. The number of carboxylic acids is 1. The molecular formula is C14H16FNO2. The molecule has 0 bridgehead atoms. The summed E-state index contributed by atoms with van der Waals surface area (Å²) < 4.78 is 13.7. The fourth-order valence-corrected chi connectivity index (χ4v) is 2.73. The quantitative estimate of drug-likeness (QED) is 0.842. The third-order valence-electron chi connectivity index (χ3n) is 4.20. The first-order valence-corrected chi connectivity index (χ1v) is 6.38. The molecule has 3 nitrogen and oxygen atoms in total. The second-order valence-electron chi connectivity index (χ2n) is 5.46. The Balaban J connectivity index is 1.77. The minimum atomic E-state index is -1.09. The van der Waals surface area contributed by atoms with Gasteiger partial charge in [-0.15, -0.1) is 0 Å². The molecule has 2 aliphatic rings. The highest BCUT2D eigenvalue weighted by Gasteiger charge is 2.53. The van der Waals surface area contributed by atoms with E-state index in [4.69, 9.17) is 5.11 Å². The molecule has 2 N–H and O–H groups in total. The van der Waals surface area contributed by atoms with E-state index in [-0.39, 0.29) is 11.3 Å². The first-order valence-electron chi connectivity index (χ1n) is 6.38. The summed E-state index contributed by atoms with van der Waals surface area (Å²) in [7, 11) is 0. The molecule has 0 aliphatic heterocycles. The fraction of sp³-hybridized carbons (Fsp3) is 0.500. The lowest BCUT2D eigenvalue weighted by molar-refractivity contribution is 0.0697. The van der Waals surface area contributed by atoms with Crippen molar-refractivity contribution in [3.05, 3.63) is 29.6 Å². The van der Waals surface area contributed by atoms with Crippen LogP contribution in [0.5, 0.6) is 0 Å². The molecule has 2 fully saturated rings. The van der Waals surface area contributed by atoms with Gasteiger partial charge < -0.3 is 10.4 Å². The highest BCUT2D eigenvalue weighted by molar-refractivity contribution is 5.94. The maximum absolute atomic E-state index is 13.7. The van der Waals surface area contributed by atoms with Crippen LogP contribution >= 0.6 is 0 Å². The van der Waals surface area contributed by atoms with Gasteiger partial charge in [-0.3, -0.25) is 0 Å². The van der Waals surface area contributed by atoms with Crippen molar-refractivity contribution < 1.29 is 14.3 Å². The van der Waals surface area contributed by atoms with Crippen molar-refractivity contribution in [2.75, 3.05) is 11.9 Å². The highest BCUT2D eigenvalue weighted by atomic mass is 19.1. The third-order valence-corrected chi connectivity index (χ3v) is 4.20.